The summed E-state index contributed by atoms with van der Waals surface area (Å²) in [6.07, 6.45) is 6.16. The van der Waals surface area contributed by atoms with Crippen molar-refractivity contribution in [3.05, 3.63) is 90.0 Å². The maximum Gasteiger partial charge on any atom is 0.350 e. The molecule has 1 fully saturated rings. The molecule has 5 N–H and O–H groups in total. The van der Waals surface area contributed by atoms with Crippen LogP contribution in [0.5, 0.6) is 0 Å². The number of fused-ring (bicyclic) bond motifs is 1. The van der Waals surface area contributed by atoms with Gasteiger partial charge in [-0.3, -0.25) is 9.69 Å². The van der Waals surface area contributed by atoms with Crippen LogP contribution in [0.25, 0.3) is 0 Å². The van der Waals surface area contributed by atoms with Gasteiger partial charge in [0.1, 0.15) is 6.54 Å². The van der Waals surface area contributed by atoms with Gasteiger partial charge in [-0.1, -0.05) is 67.8 Å². The number of nitrogens with two attached hydrogens (primary N) is 2. The summed E-state index contributed by atoms with van der Waals surface area (Å²) in [7, 11) is 0. The van der Waals surface area contributed by atoms with Crippen molar-refractivity contribution >= 4 is 40.7 Å². The quantitative estimate of drug-likeness (QED) is 0.281. The fourth-order valence-electron chi connectivity index (χ4n) is 5.37. The summed E-state index contributed by atoms with van der Waals surface area (Å²) in [5, 5.41) is 9.17. The van der Waals surface area contributed by atoms with Crippen molar-refractivity contribution in [2.75, 3.05) is 18.0 Å². The van der Waals surface area contributed by atoms with Gasteiger partial charge in [-0.05, 0) is 55.2 Å². The predicted octanol–water partition coefficient (Wildman–Crippen LogP) is 4.81. The van der Waals surface area contributed by atoms with Gasteiger partial charge in [0.25, 0.3) is 0 Å². The summed E-state index contributed by atoms with van der Waals surface area (Å²) in [6.45, 7) is 0.292. The van der Waals surface area contributed by atoms with Crippen LogP contribution in [0.2, 0.25) is 0 Å². The van der Waals surface area contributed by atoms with Crippen LogP contribution in [0.4, 0.5) is 21.9 Å². The van der Waals surface area contributed by atoms with Crippen LogP contribution in [-0.4, -0.2) is 41.7 Å². The van der Waals surface area contributed by atoms with Crippen molar-refractivity contribution in [2.24, 2.45) is 27.5 Å². The van der Waals surface area contributed by atoms with E-state index in [1.54, 1.807) is 29.2 Å². The fraction of sp³-hybridized carbons (Fsp3) is 0.290. The average molecular weight is 538 g/mol. The molecule has 9 nitrogen and oxygen atoms in total. The second kappa shape index (κ2) is 12.5. The zero-order valence-electron chi connectivity index (χ0n) is 22.5. The third-order valence-corrected chi connectivity index (χ3v) is 7.29. The molecule has 0 unspecified atom stereocenters. The van der Waals surface area contributed by atoms with Gasteiger partial charge in [-0.2, -0.15) is 5.10 Å². The van der Waals surface area contributed by atoms with Gasteiger partial charge in [0.05, 0.1) is 22.8 Å². The number of carbonyl (C=O) groups is 2. The van der Waals surface area contributed by atoms with Crippen LogP contribution < -0.4 is 21.7 Å². The Morgan fingerprint density at radius 1 is 0.925 bits per heavy atom. The summed E-state index contributed by atoms with van der Waals surface area (Å²) in [4.78, 5) is 32.9. The van der Waals surface area contributed by atoms with Gasteiger partial charge < -0.3 is 16.8 Å². The second-order valence-electron chi connectivity index (χ2n) is 10.2. The maximum atomic E-state index is 14.1. The molecule has 206 valence electrons. The largest absolute Gasteiger partial charge is 0.370 e. The molecule has 2 aliphatic rings. The number of hydrazone groups is 1. The van der Waals surface area contributed by atoms with Gasteiger partial charge in [0, 0.05) is 18.0 Å². The van der Waals surface area contributed by atoms with Crippen molar-refractivity contribution in [2.45, 2.75) is 38.5 Å². The Bertz CT molecular complexity index is 1390. The van der Waals surface area contributed by atoms with E-state index in [0.29, 0.717) is 24.3 Å². The van der Waals surface area contributed by atoms with Crippen molar-refractivity contribution in [1.29, 1.82) is 0 Å². The first-order chi connectivity index (χ1) is 19.5. The molecule has 0 spiro atoms. The molecule has 3 amide bonds. The highest BCUT2D eigenvalue weighted by molar-refractivity contribution is 6.14. The Labute approximate surface area is 234 Å². The molecule has 3 aromatic carbocycles. The lowest BCUT2D eigenvalue weighted by Gasteiger charge is -2.26. The monoisotopic (exact) mass is 537 g/mol. The van der Waals surface area contributed by atoms with E-state index in [1.165, 1.54) is 11.4 Å². The Kier molecular flexibility index (Phi) is 8.39. The molecule has 5 rings (SSSR count). The zero-order valence-corrected chi connectivity index (χ0v) is 22.5. The molecule has 0 atom stereocenters. The van der Waals surface area contributed by atoms with Crippen LogP contribution in [0.1, 0.15) is 43.2 Å². The van der Waals surface area contributed by atoms with E-state index in [1.807, 2.05) is 54.6 Å². The summed E-state index contributed by atoms with van der Waals surface area (Å²) >= 11 is 0. The van der Waals surface area contributed by atoms with Gasteiger partial charge in [0.2, 0.25) is 5.91 Å². The van der Waals surface area contributed by atoms with Gasteiger partial charge in [0.15, 0.2) is 5.96 Å². The number of carbonyl (C=O) groups excluding carboxylic acids is 2. The number of guanidine groups is 1. The lowest BCUT2D eigenvalue weighted by Crippen LogP contribution is -2.43. The number of aliphatic imine (C=N–C) groups is 1. The Morgan fingerprint density at radius 2 is 1.62 bits per heavy atom. The van der Waals surface area contributed by atoms with Crippen LogP contribution in [0, 0.1) is 5.92 Å². The highest BCUT2D eigenvalue weighted by atomic mass is 16.2. The summed E-state index contributed by atoms with van der Waals surface area (Å²) in [5.74, 6) is -0.0838. The van der Waals surface area contributed by atoms with Crippen molar-refractivity contribution in [3.8, 4) is 0 Å². The lowest BCUT2D eigenvalue weighted by molar-refractivity contribution is -0.121. The number of hydrogen-bond acceptors (Lipinski definition) is 4. The minimum Gasteiger partial charge on any atom is -0.370 e. The molecule has 0 bridgehead atoms. The van der Waals surface area contributed by atoms with Gasteiger partial charge >= 0.3 is 6.03 Å². The van der Waals surface area contributed by atoms with Crippen molar-refractivity contribution in [3.63, 3.8) is 0 Å². The number of para-hydroxylation sites is 1. The van der Waals surface area contributed by atoms with Crippen molar-refractivity contribution in [1.82, 2.24) is 10.3 Å². The molecule has 0 aromatic heterocycles. The second-order valence-corrected chi connectivity index (χ2v) is 10.2. The Morgan fingerprint density at radius 3 is 2.35 bits per heavy atom. The number of amides is 3. The summed E-state index contributed by atoms with van der Waals surface area (Å²) in [6, 6.07) is 24.5. The Hall–Kier alpha value is -4.66. The first kappa shape index (κ1) is 26.9. The first-order valence-corrected chi connectivity index (χ1v) is 13.8. The van der Waals surface area contributed by atoms with Gasteiger partial charge in [-0.15, -0.1) is 0 Å². The SMILES string of the molecule is NC(N)=Nc1ccc(N2C(=O)N(CC(=O)NCCc3ccccc3)N=C(C3CCCCC3)c3ccccc32)cc1. The Balaban J connectivity index is 1.46. The maximum absolute atomic E-state index is 14.1. The third-order valence-electron chi connectivity index (χ3n) is 7.29. The van der Waals surface area contributed by atoms with E-state index in [0.717, 1.165) is 48.2 Å². The number of rotatable bonds is 8. The topological polar surface area (TPSA) is 129 Å². The number of urea groups is 1. The fourth-order valence-corrected chi connectivity index (χ4v) is 5.37. The molecule has 9 heteroatoms. The van der Waals surface area contributed by atoms with E-state index in [4.69, 9.17) is 16.6 Å². The van der Waals surface area contributed by atoms with Gasteiger partial charge in [-0.25, -0.2) is 14.8 Å². The number of nitrogens with one attached hydrogen (secondary N) is 1. The third kappa shape index (κ3) is 6.31. The van der Waals surface area contributed by atoms with E-state index >= 15 is 0 Å². The molecule has 0 saturated heterocycles. The van der Waals surface area contributed by atoms with E-state index < -0.39 is 6.03 Å². The normalized spacial score (nSPS) is 15.6. The highest BCUT2D eigenvalue weighted by Gasteiger charge is 2.34. The molecule has 40 heavy (non-hydrogen) atoms. The molecule has 1 aliphatic carbocycles. The number of hydrogen-bond donors (Lipinski definition) is 3. The van der Waals surface area contributed by atoms with E-state index in [-0.39, 0.29) is 24.3 Å². The average Bonchev–Trinajstić information content (AvgIpc) is 3.08. The molecule has 1 heterocycles. The number of nitrogens with zero attached hydrogens (tertiary/aromatic N) is 4. The first-order valence-electron chi connectivity index (χ1n) is 13.8. The minimum atomic E-state index is -0.397. The van der Waals surface area contributed by atoms with Crippen LogP contribution >= 0.6 is 0 Å². The van der Waals surface area contributed by atoms with Crippen molar-refractivity contribution < 1.29 is 9.59 Å². The lowest BCUT2D eigenvalue weighted by atomic mass is 9.83. The number of anilines is 2. The van der Waals surface area contributed by atoms with Crippen LogP contribution in [-0.2, 0) is 11.2 Å². The predicted molar refractivity (Wildman–Crippen MR) is 159 cm³/mol. The zero-order chi connectivity index (χ0) is 27.9. The van der Waals surface area contributed by atoms with Crippen LogP contribution in [0.15, 0.2) is 89.0 Å². The van der Waals surface area contributed by atoms with E-state index in [2.05, 4.69) is 10.3 Å². The molecular formula is C31H35N7O2. The summed E-state index contributed by atoms with van der Waals surface area (Å²) < 4.78 is 0. The standard InChI is InChI=1S/C31H35N7O2/c32-30(33)35-24-15-17-25(18-16-24)38-27-14-8-7-13-26(27)29(23-11-5-2-6-12-23)36-37(31(38)40)21-28(39)34-20-19-22-9-3-1-4-10-22/h1,3-4,7-10,13-18,23H,2,5-6,11-12,19-21H2,(H,34,39)(H4,32,33,35). The minimum absolute atomic E-state index is 0.0427. The van der Waals surface area contributed by atoms with E-state index in [9.17, 15) is 9.59 Å². The molecule has 1 saturated carbocycles. The molecule has 3 aromatic rings. The molecule has 0 radical (unpaired) electrons. The molecule has 1 aliphatic heterocycles. The van der Waals surface area contributed by atoms with Crippen LogP contribution in [0.3, 0.4) is 0 Å². The molecular weight excluding hydrogens is 502 g/mol. The summed E-state index contributed by atoms with van der Waals surface area (Å²) in [5.41, 5.74) is 15.9. The smallest absolute Gasteiger partial charge is 0.350 e. The number of benzene rings is 3. The highest BCUT2D eigenvalue weighted by Crippen LogP contribution is 2.37.